The number of nitrogens with zero attached hydrogens (tertiary/aromatic N) is 3. The van der Waals surface area contributed by atoms with Crippen molar-refractivity contribution in [1.82, 2.24) is 14.9 Å². The van der Waals surface area contributed by atoms with E-state index in [0.29, 0.717) is 18.8 Å². The molecule has 1 aromatic carbocycles. The molecule has 162 valence electrons. The minimum Gasteiger partial charge on any atom is -0.465 e. The van der Waals surface area contributed by atoms with Crippen molar-refractivity contribution < 1.29 is 18.3 Å². The molecule has 0 saturated carbocycles. The van der Waals surface area contributed by atoms with Gasteiger partial charge in [-0.15, -0.1) is 0 Å². The van der Waals surface area contributed by atoms with Crippen molar-refractivity contribution in [2.75, 3.05) is 23.7 Å². The van der Waals surface area contributed by atoms with Crippen LogP contribution in [0.3, 0.4) is 0 Å². The van der Waals surface area contributed by atoms with Crippen molar-refractivity contribution >= 4 is 45.0 Å². The molecule has 0 aliphatic carbocycles. The monoisotopic (exact) mass is 453 g/mol. The number of anilines is 3. The van der Waals surface area contributed by atoms with E-state index < -0.39 is 21.2 Å². The molecule has 3 rings (SSSR count). The second kappa shape index (κ2) is 9.05. The van der Waals surface area contributed by atoms with Gasteiger partial charge in [0.05, 0.1) is 22.0 Å². The molecule has 2 aromatic rings. The summed E-state index contributed by atoms with van der Waals surface area (Å²) >= 11 is 6.23. The first-order valence-electron chi connectivity index (χ1n) is 9.55. The lowest BCUT2D eigenvalue weighted by atomic mass is 10.1. The summed E-state index contributed by atoms with van der Waals surface area (Å²) in [5, 5.41) is 15.0. The van der Waals surface area contributed by atoms with Crippen LogP contribution in [-0.2, 0) is 9.84 Å². The molecule has 0 radical (unpaired) electrons. The Morgan fingerprint density at radius 2 is 2.07 bits per heavy atom. The SMILES string of the molecule is CC(C)S(=O)(=O)c1ccccc1Nc1nc(N[C@@H]2CCCN(C(=O)O)C2)ncc1Cl. The first kappa shape index (κ1) is 22.1. The Bertz CT molecular complexity index is 1030. The van der Waals surface area contributed by atoms with Gasteiger partial charge in [0.25, 0.3) is 0 Å². The highest BCUT2D eigenvalue weighted by Crippen LogP contribution is 2.30. The lowest BCUT2D eigenvalue weighted by Gasteiger charge is -2.31. The number of sulfone groups is 1. The summed E-state index contributed by atoms with van der Waals surface area (Å²) in [6, 6.07) is 6.43. The second-order valence-electron chi connectivity index (χ2n) is 7.32. The Morgan fingerprint density at radius 3 is 2.77 bits per heavy atom. The molecule has 1 aliphatic heterocycles. The maximum Gasteiger partial charge on any atom is 0.407 e. The van der Waals surface area contributed by atoms with E-state index in [1.54, 1.807) is 32.0 Å². The van der Waals surface area contributed by atoms with Crippen LogP contribution in [0.4, 0.5) is 22.2 Å². The molecule has 9 nitrogen and oxygen atoms in total. The van der Waals surface area contributed by atoms with E-state index >= 15 is 0 Å². The number of carbonyl (C=O) groups is 1. The van der Waals surface area contributed by atoms with Crippen LogP contribution in [0.5, 0.6) is 0 Å². The predicted octanol–water partition coefficient (Wildman–Crippen LogP) is 3.61. The standard InChI is InChI=1S/C19H24ClN5O4S/c1-12(2)30(28,29)16-8-4-3-7-15(16)23-17-14(20)10-21-18(24-17)22-13-6-5-9-25(11-13)19(26)27/h3-4,7-8,10,12-13H,5-6,9,11H2,1-2H3,(H,26,27)(H2,21,22,23,24)/t13-/m1/s1. The fraction of sp³-hybridized carbons (Fsp3) is 0.421. The topological polar surface area (TPSA) is 125 Å². The third-order valence-electron chi connectivity index (χ3n) is 4.84. The van der Waals surface area contributed by atoms with Crippen LogP contribution < -0.4 is 10.6 Å². The first-order chi connectivity index (χ1) is 14.2. The Balaban J connectivity index is 1.83. The number of piperidine rings is 1. The summed E-state index contributed by atoms with van der Waals surface area (Å²) in [7, 11) is -3.51. The van der Waals surface area contributed by atoms with Crippen LogP contribution in [0.15, 0.2) is 35.4 Å². The molecule has 11 heteroatoms. The van der Waals surface area contributed by atoms with E-state index in [0.717, 1.165) is 12.8 Å². The summed E-state index contributed by atoms with van der Waals surface area (Å²) in [6.45, 7) is 4.08. The molecular weight excluding hydrogens is 430 g/mol. The fourth-order valence-corrected chi connectivity index (χ4v) is 4.52. The zero-order chi connectivity index (χ0) is 21.9. The van der Waals surface area contributed by atoms with Gasteiger partial charge in [-0.1, -0.05) is 23.7 Å². The van der Waals surface area contributed by atoms with E-state index in [1.165, 1.54) is 17.2 Å². The minimum absolute atomic E-state index is 0.127. The van der Waals surface area contributed by atoms with Gasteiger partial charge in [-0.2, -0.15) is 4.98 Å². The van der Waals surface area contributed by atoms with Gasteiger partial charge in [0, 0.05) is 19.1 Å². The zero-order valence-electron chi connectivity index (χ0n) is 16.7. The van der Waals surface area contributed by atoms with E-state index in [-0.39, 0.29) is 27.7 Å². The van der Waals surface area contributed by atoms with Crippen LogP contribution in [0.25, 0.3) is 0 Å². The number of benzene rings is 1. The number of aromatic nitrogens is 2. The Kier molecular flexibility index (Phi) is 6.67. The van der Waals surface area contributed by atoms with Gasteiger partial charge >= 0.3 is 6.09 Å². The molecule has 1 fully saturated rings. The van der Waals surface area contributed by atoms with Crippen molar-refractivity contribution in [3.63, 3.8) is 0 Å². The van der Waals surface area contributed by atoms with Gasteiger partial charge in [-0.3, -0.25) is 0 Å². The summed E-state index contributed by atoms with van der Waals surface area (Å²) in [5.41, 5.74) is 0.368. The molecule has 3 N–H and O–H groups in total. The highest BCUT2D eigenvalue weighted by atomic mass is 35.5. The molecule has 1 aromatic heterocycles. The molecule has 0 bridgehead atoms. The van der Waals surface area contributed by atoms with Gasteiger partial charge in [0.15, 0.2) is 15.7 Å². The number of rotatable bonds is 6. The summed E-state index contributed by atoms with van der Waals surface area (Å²) in [4.78, 5) is 21.3. The van der Waals surface area contributed by atoms with Crippen LogP contribution in [0.2, 0.25) is 5.02 Å². The van der Waals surface area contributed by atoms with Gasteiger partial charge < -0.3 is 20.6 Å². The van der Waals surface area contributed by atoms with Gasteiger partial charge in [0.1, 0.15) is 5.02 Å². The van der Waals surface area contributed by atoms with Gasteiger partial charge in [-0.25, -0.2) is 18.2 Å². The Hall–Kier alpha value is -2.59. The number of hydrogen-bond donors (Lipinski definition) is 3. The van der Waals surface area contributed by atoms with Crippen LogP contribution in [0.1, 0.15) is 26.7 Å². The minimum atomic E-state index is -3.51. The molecule has 2 heterocycles. The normalized spacial score (nSPS) is 17.1. The second-order valence-corrected chi connectivity index (χ2v) is 10.2. The lowest BCUT2D eigenvalue weighted by Crippen LogP contribution is -2.44. The van der Waals surface area contributed by atoms with Crippen LogP contribution >= 0.6 is 11.6 Å². The first-order valence-corrected chi connectivity index (χ1v) is 11.5. The number of likely N-dealkylation sites (tertiary alicyclic amines) is 1. The summed E-state index contributed by atoms with van der Waals surface area (Å²) in [5.74, 6) is 0.537. The average Bonchev–Trinajstić information content (AvgIpc) is 2.71. The number of para-hydroxylation sites is 1. The third kappa shape index (κ3) is 4.93. The zero-order valence-corrected chi connectivity index (χ0v) is 18.2. The lowest BCUT2D eigenvalue weighted by molar-refractivity contribution is 0.132. The van der Waals surface area contributed by atoms with Crippen molar-refractivity contribution in [2.24, 2.45) is 0 Å². The van der Waals surface area contributed by atoms with Crippen LogP contribution in [-0.4, -0.2) is 58.9 Å². The molecule has 1 atom stereocenters. The van der Waals surface area contributed by atoms with Gasteiger partial charge in [0.2, 0.25) is 5.95 Å². The molecule has 0 unspecified atom stereocenters. The predicted molar refractivity (Wildman–Crippen MR) is 115 cm³/mol. The maximum atomic E-state index is 12.7. The molecule has 1 saturated heterocycles. The fourth-order valence-electron chi connectivity index (χ4n) is 3.18. The third-order valence-corrected chi connectivity index (χ3v) is 7.32. The molecular formula is C19H24ClN5O4S. The number of halogens is 1. The van der Waals surface area contributed by atoms with Crippen molar-refractivity contribution in [3.8, 4) is 0 Å². The number of hydrogen-bond acceptors (Lipinski definition) is 7. The average molecular weight is 454 g/mol. The quantitative estimate of drug-likeness (QED) is 0.605. The smallest absolute Gasteiger partial charge is 0.407 e. The highest BCUT2D eigenvalue weighted by Gasteiger charge is 2.25. The van der Waals surface area contributed by atoms with Crippen molar-refractivity contribution in [1.29, 1.82) is 0 Å². The van der Waals surface area contributed by atoms with E-state index in [9.17, 15) is 18.3 Å². The number of amides is 1. The summed E-state index contributed by atoms with van der Waals surface area (Å²) in [6.07, 6.45) is 1.98. The Labute approximate surface area is 180 Å². The van der Waals surface area contributed by atoms with Crippen LogP contribution in [0, 0.1) is 0 Å². The van der Waals surface area contributed by atoms with Crippen molar-refractivity contribution in [3.05, 3.63) is 35.5 Å². The molecule has 1 aliphatic rings. The Morgan fingerprint density at radius 1 is 1.33 bits per heavy atom. The van der Waals surface area contributed by atoms with Crippen molar-refractivity contribution in [2.45, 2.75) is 42.9 Å². The maximum absolute atomic E-state index is 12.7. The van der Waals surface area contributed by atoms with E-state index in [4.69, 9.17) is 11.6 Å². The molecule has 30 heavy (non-hydrogen) atoms. The van der Waals surface area contributed by atoms with E-state index in [2.05, 4.69) is 20.6 Å². The largest absolute Gasteiger partial charge is 0.465 e. The van der Waals surface area contributed by atoms with Gasteiger partial charge in [-0.05, 0) is 38.8 Å². The number of carboxylic acid groups (broad SMARTS) is 1. The highest BCUT2D eigenvalue weighted by molar-refractivity contribution is 7.92. The number of nitrogens with one attached hydrogen (secondary N) is 2. The molecule has 0 spiro atoms. The summed E-state index contributed by atoms with van der Waals surface area (Å²) < 4.78 is 25.3. The molecule has 1 amide bonds. The van der Waals surface area contributed by atoms with E-state index in [1.807, 2.05) is 0 Å².